The molecule has 0 aromatic heterocycles. The van der Waals surface area contributed by atoms with Crippen molar-refractivity contribution in [3.63, 3.8) is 0 Å². The molecule has 0 saturated heterocycles. The van der Waals surface area contributed by atoms with Gasteiger partial charge in [0.1, 0.15) is 0 Å². The van der Waals surface area contributed by atoms with Crippen molar-refractivity contribution in [2.24, 2.45) is 0 Å². The van der Waals surface area contributed by atoms with Crippen molar-refractivity contribution in [3.8, 4) is 0 Å². The molecule has 0 aliphatic rings. The van der Waals surface area contributed by atoms with E-state index in [9.17, 15) is 4.79 Å². The lowest BCUT2D eigenvalue weighted by molar-refractivity contribution is -0.114. The molecule has 120 valence electrons. The summed E-state index contributed by atoms with van der Waals surface area (Å²) in [6.07, 6.45) is 6.99. The monoisotopic (exact) mass is 314 g/mol. The Labute approximate surface area is 143 Å². The Kier molecular flexibility index (Phi) is 5.57. The highest BCUT2D eigenvalue weighted by Crippen LogP contribution is 2.16. The third-order valence-corrected chi connectivity index (χ3v) is 4.22. The second kappa shape index (κ2) is 8.26. The van der Waals surface area contributed by atoms with Crippen LogP contribution in [0.15, 0.2) is 84.9 Å². The van der Waals surface area contributed by atoms with E-state index < -0.39 is 0 Å². The molecule has 0 fully saturated rings. The van der Waals surface area contributed by atoms with Gasteiger partial charge in [0, 0.05) is 6.42 Å². The topological polar surface area (TPSA) is 17.1 Å². The lowest BCUT2D eigenvalue weighted by Gasteiger charge is -2.02. The predicted molar refractivity (Wildman–Crippen MR) is 101 cm³/mol. The largest absolute Gasteiger partial charge is 0.295 e. The van der Waals surface area contributed by atoms with E-state index in [0.717, 1.165) is 19.3 Å². The van der Waals surface area contributed by atoms with E-state index >= 15 is 0 Å². The summed E-state index contributed by atoms with van der Waals surface area (Å²) in [5, 5.41) is 2.48. The zero-order valence-electron chi connectivity index (χ0n) is 13.8. The molecule has 0 saturated carbocycles. The second-order valence-electron chi connectivity index (χ2n) is 6.07. The van der Waals surface area contributed by atoms with E-state index in [1.807, 2.05) is 36.4 Å². The van der Waals surface area contributed by atoms with E-state index in [1.54, 1.807) is 6.08 Å². The van der Waals surface area contributed by atoms with Crippen LogP contribution >= 0.6 is 0 Å². The molecule has 0 aliphatic carbocycles. The van der Waals surface area contributed by atoms with Crippen LogP contribution in [0.25, 0.3) is 10.8 Å². The van der Waals surface area contributed by atoms with E-state index in [1.165, 1.54) is 21.9 Å². The Morgan fingerprint density at radius 2 is 1.50 bits per heavy atom. The molecular weight excluding hydrogens is 292 g/mol. The van der Waals surface area contributed by atoms with Gasteiger partial charge in [-0.15, -0.1) is 0 Å². The molecule has 0 N–H and O–H groups in total. The zero-order valence-corrected chi connectivity index (χ0v) is 13.8. The fourth-order valence-corrected chi connectivity index (χ4v) is 2.85. The molecule has 0 radical (unpaired) electrons. The molecular formula is C23H22O. The van der Waals surface area contributed by atoms with Crippen molar-refractivity contribution in [2.75, 3.05) is 0 Å². The number of rotatable bonds is 7. The molecule has 3 aromatic carbocycles. The van der Waals surface area contributed by atoms with Crippen molar-refractivity contribution in [3.05, 3.63) is 96.1 Å². The van der Waals surface area contributed by atoms with Gasteiger partial charge in [-0.1, -0.05) is 78.9 Å². The molecule has 0 bridgehead atoms. The molecule has 0 atom stereocenters. The number of hydrogen-bond acceptors (Lipinski definition) is 1. The first kappa shape index (κ1) is 16.2. The fourth-order valence-electron chi connectivity index (χ4n) is 2.85. The maximum atomic E-state index is 12.0. The molecule has 3 aromatic rings. The van der Waals surface area contributed by atoms with Crippen LogP contribution in [-0.2, 0) is 17.6 Å². The minimum atomic E-state index is 0.205. The van der Waals surface area contributed by atoms with E-state index in [0.29, 0.717) is 6.42 Å². The minimum Gasteiger partial charge on any atom is -0.295 e. The van der Waals surface area contributed by atoms with Gasteiger partial charge in [-0.3, -0.25) is 4.79 Å². The molecule has 1 heteroatoms. The van der Waals surface area contributed by atoms with E-state index in [4.69, 9.17) is 0 Å². The maximum Gasteiger partial charge on any atom is 0.155 e. The summed E-state index contributed by atoms with van der Waals surface area (Å²) in [6, 6.07) is 25.1. The van der Waals surface area contributed by atoms with Gasteiger partial charge < -0.3 is 0 Å². The summed E-state index contributed by atoms with van der Waals surface area (Å²) in [5.41, 5.74) is 2.53. The summed E-state index contributed by atoms with van der Waals surface area (Å²) < 4.78 is 0. The minimum absolute atomic E-state index is 0.205. The highest BCUT2D eigenvalue weighted by atomic mass is 16.1. The zero-order chi connectivity index (χ0) is 16.6. The number of aryl methyl sites for hydroxylation is 2. The van der Waals surface area contributed by atoms with Gasteiger partial charge in [0.15, 0.2) is 5.78 Å². The number of fused-ring (bicyclic) bond motifs is 1. The summed E-state index contributed by atoms with van der Waals surface area (Å²) in [5.74, 6) is 0.205. The first-order chi connectivity index (χ1) is 11.8. The third kappa shape index (κ3) is 4.66. The summed E-state index contributed by atoms with van der Waals surface area (Å²) in [6.45, 7) is 0. The van der Waals surface area contributed by atoms with E-state index in [-0.39, 0.29) is 5.78 Å². The van der Waals surface area contributed by atoms with Crippen LogP contribution in [0.1, 0.15) is 24.0 Å². The number of benzene rings is 3. The average Bonchev–Trinajstić information content (AvgIpc) is 2.64. The summed E-state index contributed by atoms with van der Waals surface area (Å²) >= 11 is 0. The van der Waals surface area contributed by atoms with Gasteiger partial charge in [-0.2, -0.15) is 0 Å². The molecule has 0 unspecified atom stereocenters. The molecule has 0 aliphatic heterocycles. The van der Waals surface area contributed by atoms with Gasteiger partial charge in [-0.05, 0) is 47.2 Å². The van der Waals surface area contributed by atoms with Crippen molar-refractivity contribution >= 4 is 16.6 Å². The normalized spacial score (nSPS) is 11.2. The Balaban J connectivity index is 1.46. The highest BCUT2D eigenvalue weighted by molar-refractivity contribution is 5.90. The van der Waals surface area contributed by atoms with Crippen molar-refractivity contribution in [1.29, 1.82) is 0 Å². The first-order valence-corrected chi connectivity index (χ1v) is 8.52. The molecule has 1 nitrogen and oxygen atoms in total. The summed E-state index contributed by atoms with van der Waals surface area (Å²) in [4.78, 5) is 12.0. The van der Waals surface area contributed by atoms with Crippen molar-refractivity contribution in [2.45, 2.75) is 25.7 Å². The molecule has 0 spiro atoms. The SMILES string of the molecule is O=C(/C=C/CCc1ccccc1)CCc1ccc2ccccc2c1. The maximum absolute atomic E-state index is 12.0. The van der Waals surface area contributed by atoms with Gasteiger partial charge in [0.05, 0.1) is 0 Å². The second-order valence-corrected chi connectivity index (χ2v) is 6.07. The Hall–Kier alpha value is -2.67. The van der Waals surface area contributed by atoms with Gasteiger partial charge in [0.2, 0.25) is 0 Å². The number of allylic oxidation sites excluding steroid dienone is 2. The van der Waals surface area contributed by atoms with Gasteiger partial charge in [0.25, 0.3) is 0 Å². The molecule has 0 amide bonds. The molecule has 3 rings (SSSR count). The Morgan fingerprint density at radius 1 is 0.750 bits per heavy atom. The average molecular weight is 314 g/mol. The van der Waals surface area contributed by atoms with Crippen molar-refractivity contribution < 1.29 is 4.79 Å². The number of ketones is 1. The quantitative estimate of drug-likeness (QED) is 0.524. The number of carbonyl (C=O) groups excluding carboxylic acids is 1. The number of carbonyl (C=O) groups is 1. The third-order valence-electron chi connectivity index (χ3n) is 4.22. The fraction of sp³-hybridized carbons (Fsp3) is 0.174. The highest BCUT2D eigenvalue weighted by Gasteiger charge is 2.00. The summed E-state index contributed by atoms with van der Waals surface area (Å²) in [7, 11) is 0. The smallest absolute Gasteiger partial charge is 0.155 e. The lowest BCUT2D eigenvalue weighted by Crippen LogP contribution is -1.96. The van der Waals surface area contributed by atoms with Gasteiger partial charge in [-0.25, -0.2) is 0 Å². The van der Waals surface area contributed by atoms with Crippen LogP contribution in [0.5, 0.6) is 0 Å². The molecule has 24 heavy (non-hydrogen) atoms. The van der Waals surface area contributed by atoms with Crippen LogP contribution in [0.2, 0.25) is 0 Å². The van der Waals surface area contributed by atoms with Crippen LogP contribution in [-0.4, -0.2) is 5.78 Å². The standard InChI is InChI=1S/C23H22O/c24-23(13-7-4-10-19-8-2-1-3-9-19)17-15-20-14-16-21-11-5-6-12-22(21)18-20/h1-3,5-9,11-14,16,18H,4,10,15,17H2/b13-7+. The predicted octanol–water partition coefficient (Wildman–Crippen LogP) is 5.53. The van der Waals surface area contributed by atoms with Crippen LogP contribution in [0, 0.1) is 0 Å². The molecule has 0 heterocycles. The van der Waals surface area contributed by atoms with Crippen molar-refractivity contribution in [1.82, 2.24) is 0 Å². The van der Waals surface area contributed by atoms with Crippen LogP contribution in [0.4, 0.5) is 0 Å². The van der Waals surface area contributed by atoms with E-state index in [2.05, 4.69) is 42.5 Å². The number of hydrogen-bond donors (Lipinski definition) is 0. The van der Waals surface area contributed by atoms with Gasteiger partial charge >= 0.3 is 0 Å². The van der Waals surface area contributed by atoms with Crippen LogP contribution < -0.4 is 0 Å². The van der Waals surface area contributed by atoms with Crippen LogP contribution in [0.3, 0.4) is 0 Å². The Morgan fingerprint density at radius 3 is 2.33 bits per heavy atom. The Bertz CT molecular complexity index is 831. The first-order valence-electron chi connectivity index (χ1n) is 8.52. The lowest BCUT2D eigenvalue weighted by atomic mass is 10.0.